The molecule has 0 aliphatic heterocycles. The zero-order chi connectivity index (χ0) is 58.5. The summed E-state index contributed by atoms with van der Waals surface area (Å²) in [6.45, 7) is 4.92. The van der Waals surface area contributed by atoms with Crippen molar-refractivity contribution >= 4 is 11.9 Å². The van der Waals surface area contributed by atoms with Crippen molar-refractivity contribution in [2.24, 2.45) is 0 Å². The fourth-order valence-electron chi connectivity index (χ4n) is 11.3. The molecule has 6 heteroatoms. The number of hydrogen-bond donors (Lipinski definition) is 3. The van der Waals surface area contributed by atoms with Crippen molar-refractivity contribution in [1.29, 1.82) is 0 Å². The number of aliphatic hydroxyl groups is 2. The number of ether oxygens (including phenoxy) is 1. The van der Waals surface area contributed by atoms with E-state index in [9.17, 15) is 19.8 Å². The smallest absolute Gasteiger partial charge is 0.305 e. The lowest BCUT2D eigenvalue weighted by atomic mass is 10.0. The van der Waals surface area contributed by atoms with Gasteiger partial charge in [0.05, 0.1) is 25.4 Å². The van der Waals surface area contributed by atoms with Crippen LogP contribution in [0.25, 0.3) is 0 Å². The van der Waals surface area contributed by atoms with E-state index < -0.39 is 12.1 Å². The Kier molecular flexibility index (Phi) is 68.4. The maximum absolute atomic E-state index is 12.5. The second-order valence-corrected chi connectivity index (χ2v) is 24.9. The first-order valence-corrected chi connectivity index (χ1v) is 36.4. The Labute approximate surface area is 506 Å². The molecule has 0 rings (SSSR count). The Balaban J connectivity index is 3.42. The fraction of sp³-hybridized carbons (Fsp3) is 0.867. The molecule has 0 aromatic heterocycles. The van der Waals surface area contributed by atoms with E-state index in [1.165, 1.54) is 315 Å². The van der Waals surface area contributed by atoms with E-state index in [0.29, 0.717) is 19.4 Å². The van der Waals surface area contributed by atoms with Gasteiger partial charge in [-0.25, -0.2) is 0 Å². The van der Waals surface area contributed by atoms with Crippen LogP contribution >= 0.6 is 0 Å². The summed E-state index contributed by atoms with van der Waals surface area (Å²) in [6, 6.07) is -0.630. The first-order chi connectivity index (χ1) is 40.0. The van der Waals surface area contributed by atoms with E-state index in [-0.39, 0.29) is 18.5 Å². The molecule has 2 unspecified atom stereocenters. The standard InChI is InChI=1S/C75H141NO5/c1-3-5-7-9-11-13-15-17-19-21-36-39-43-47-51-55-59-63-67-73(78)72(71-77)76-74(79)68-64-60-56-52-48-44-40-37-33-31-29-27-25-23-22-24-26-28-30-32-34-38-42-46-50-54-58-62-66-70-81-75(80)69-65-61-57-53-49-45-41-35-20-18-16-14-12-10-8-6-4-2/h18,20,22,24,28,30,63,67,72-73,77-78H,3-17,19,21,23,25-27,29,31-62,64-66,68-71H2,1-2H3,(H,76,79)/b20-18-,24-22-,30-28-,67-63+. The summed E-state index contributed by atoms with van der Waals surface area (Å²) in [5.41, 5.74) is 0. The quantitative estimate of drug-likeness (QED) is 0.0320. The first-order valence-electron chi connectivity index (χ1n) is 36.4. The number of carbonyl (C=O) groups excluding carboxylic acids is 2. The normalized spacial score (nSPS) is 12.8. The van der Waals surface area contributed by atoms with Crippen LogP contribution in [0, 0.1) is 0 Å². The van der Waals surface area contributed by atoms with Gasteiger partial charge in [0.1, 0.15) is 0 Å². The van der Waals surface area contributed by atoms with E-state index in [1.54, 1.807) is 6.08 Å². The predicted octanol–water partition coefficient (Wildman–Crippen LogP) is 23.6. The number of allylic oxidation sites excluding steroid dienone is 7. The molecule has 0 fully saturated rings. The average molecular weight is 1140 g/mol. The maximum atomic E-state index is 12.5. The number of rotatable bonds is 68. The van der Waals surface area contributed by atoms with Crippen molar-refractivity contribution in [3.8, 4) is 0 Å². The van der Waals surface area contributed by atoms with Gasteiger partial charge in [0.25, 0.3) is 0 Å². The largest absolute Gasteiger partial charge is 0.466 e. The minimum absolute atomic E-state index is 0.00861. The summed E-state index contributed by atoms with van der Waals surface area (Å²) in [7, 11) is 0. The number of carbonyl (C=O) groups is 2. The molecule has 0 aromatic rings. The molecular weight excluding hydrogens is 995 g/mol. The van der Waals surface area contributed by atoms with Crippen molar-refractivity contribution in [2.45, 2.75) is 405 Å². The molecular formula is C75H141NO5. The molecule has 0 radical (unpaired) electrons. The highest BCUT2D eigenvalue weighted by Gasteiger charge is 2.18. The van der Waals surface area contributed by atoms with E-state index in [2.05, 4.69) is 55.6 Å². The summed E-state index contributed by atoms with van der Waals surface area (Å²) < 4.78 is 5.50. The van der Waals surface area contributed by atoms with Crippen LogP contribution in [0.1, 0.15) is 393 Å². The van der Waals surface area contributed by atoms with E-state index >= 15 is 0 Å². The molecule has 0 aliphatic rings. The highest BCUT2D eigenvalue weighted by atomic mass is 16.5. The minimum Gasteiger partial charge on any atom is -0.466 e. The molecule has 0 aliphatic carbocycles. The molecule has 0 aromatic carbocycles. The van der Waals surface area contributed by atoms with E-state index in [1.807, 2.05) is 6.08 Å². The molecule has 3 N–H and O–H groups in total. The third-order valence-electron chi connectivity index (χ3n) is 16.8. The van der Waals surface area contributed by atoms with Gasteiger partial charge in [-0.1, -0.05) is 339 Å². The van der Waals surface area contributed by atoms with Gasteiger partial charge in [-0.15, -0.1) is 0 Å². The van der Waals surface area contributed by atoms with Gasteiger partial charge in [-0.2, -0.15) is 0 Å². The summed E-state index contributed by atoms with van der Waals surface area (Å²) in [5.74, 6) is -0.0577. The zero-order valence-electron chi connectivity index (χ0n) is 54.5. The van der Waals surface area contributed by atoms with Crippen molar-refractivity contribution in [3.63, 3.8) is 0 Å². The lowest BCUT2D eigenvalue weighted by molar-refractivity contribution is -0.143. The third kappa shape index (κ3) is 66.8. The van der Waals surface area contributed by atoms with E-state index in [4.69, 9.17) is 4.74 Å². The highest BCUT2D eigenvalue weighted by Crippen LogP contribution is 2.18. The second kappa shape index (κ2) is 70.3. The average Bonchev–Trinajstić information content (AvgIpc) is 3.47. The molecule has 0 heterocycles. The molecule has 0 bridgehead atoms. The first kappa shape index (κ1) is 78.8. The number of esters is 1. The Bertz CT molecular complexity index is 1360. The van der Waals surface area contributed by atoms with Crippen LogP contribution in [0.3, 0.4) is 0 Å². The maximum Gasteiger partial charge on any atom is 0.305 e. The molecule has 0 saturated carbocycles. The van der Waals surface area contributed by atoms with Gasteiger partial charge >= 0.3 is 5.97 Å². The highest BCUT2D eigenvalue weighted by molar-refractivity contribution is 5.76. The van der Waals surface area contributed by atoms with Gasteiger partial charge in [0, 0.05) is 12.8 Å². The van der Waals surface area contributed by atoms with Gasteiger partial charge in [-0.3, -0.25) is 9.59 Å². The lowest BCUT2D eigenvalue weighted by Crippen LogP contribution is -2.45. The minimum atomic E-state index is -0.846. The summed E-state index contributed by atoms with van der Waals surface area (Å²) in [6.07, 6.45) is 91.9. The van der Waals surface area contributed by atoms with Crippen molar-refractivity contribution in [1.82, 2.24) is 5.32 Å². The topological polar surface area (TPSA) is 95.9 Å². The van der Waals surface area contributed by atoms with Crippen LogP contribution in [0.5, 0.6) is 0 Å². The Morgan fingerprint density at radius 3 is 0.951 bits per heavy atom. The van der Waals surface area contributed by atoms with Gasteiger partial charge in [-0.05, 0) is 89.9 Å². The van der Waals surface area contributed by atoms with Gasteiger partial charge < -0.3 is 20.3 Å². The molecule has 476 valence electrons. The molecule has 6 nitrogen and oxygen atoms in total. The summed E-state index contributed by atoms with van der Waals surface area (Å²) in [4.78, 5) is 24.6. The zero-order valence-corrected chi connectivity index (χ0v) is 54.5. The molecule has 81 heavy (non-hydrogen) atoms. The third-order valence-corrected chi connectivity index (χ3v) is 16.8. The Hall–Kier alpha value is -2.18. The Morgan fingerprint density at radius 1 is 0.346 bits per heavy atom. The monoisotopic (exact) mass is 1140 g/mol. The molecule has 0 spiro atoms. The summed E-state index contributed by atoms with van der Waals surface area (Å²) >= 11 is 0. The van der Waals surface area contributed by atoms with Crippen LogP contribution in [-0.4, -0.2) is 47.4 Å². The molecule has 2 atom stereocenters. The Morgan fingerprint density at radius 2 is 0.617 bits per heavy atom. The SMILES string of the molecule is CCCCCCCC/C=C\CCCCCCCCCC(=O)OCCCCCCCCCCC/C=C\C/C=C\CCCCCCCCCCCCCCCC(=O)NC(CO)C(O)/C=C/CCCCCCCCCCCCCCCCCC. The molecule has 0 saturated heterocycles. The summed E-state index contributed by atoms with van der Waals surface area (Å²) in [5, 5.41) is 23.2. The fourth-order valence-corrected chi connectivity index (χ4v) is 11.3. The second-order valence-electron chi connectivity index (χ2n) is 24.9. The van der Waals surface area contributed by atoms with E-state index in [0.717, 1.165) is 51.4 Å². The van der Waals surface area contributed by atoms with Crippen LogP contribution in [0.4, 0.5) is 0 Å². The van der Waals surface area contributed by atoms with Crippen molar-refractivity contribution < 1.29 is 24.5 Å². The number of hydrogen-bond acceptors (Lipinski definition) is 5. The van der Waals surface area contributed by atoms with Gasteiger partial charge in [0.15, 0.2) is 0 Å². The number of aliphatic hydroxyl groups excluding tert-OH is 2. The predicted molar refractivity (Wildman–Crippen MR) is 356 cm³/mol. The van der Waals surface area contributed by atoms with Crippen LogP contribution in [-0.2, 0) is 14.3 Å². The van der Waals surface area contributed by atoms with Crippen molar-refractivity contribution in [3.05, 3.63) is 48.6 Å². The number of nitrogens with one attached hydrogen (secondary N) is 1. The number of amides is 1. The van der Waals surface area contributed by atoms with Crippen molar-refractivity contribution in [2.75, 3.05) is 13.2 Å². The van der Waals surface area contributed by atoms with Gasteiger partial charge in [0.2, 0.25) is 5.91 Å². The van der Waals surface area contributed by atoms with Crippen LogP contribution in [0.2, 0.25) is 0 Å². The number of unbranched alkanes of at least 4 members (excludes halogenated alkanes) is 51. The van der Waals surface area contributed by atoms with Crippen LogP contribution in [0.15, 0.2) is 48.6 Å². The lowest BCUT2D eigenvalue weighted by Gasteiger charge is -2.20. The molecule has 1 amide bonds. The van der Waals surface area contributed by atoms with Crippen LogP contribution < -0.4 is 5.32 Å².